The molecule has 7 heteroatoms. The standard InChI is InChI=1S/C16H22N2O4S/c1-16(2,20)9-8-13-6-5-7-14(12-13)15(19)17-10-11-18(3)23(4,21)22/h5-7,12,20H,10-11H2,1-4H3,(H,17,19). The molecule has 0 aliphatic heterocycles. The molecule has 0 aliphatic rings. The second-order valence-electron chi connectivity index (χ2n) is 5.73. The monoisotopic (exact) mass is 338 g/mol. The van der Waals surface area contributed by atoms with Crippen LogP contribution >= 0.6 is 0 Å². The highest BCUT2D eigenvalue weighted by Gasteiger charge is 2.11. The van der Waals surface area contributed by atoms with E-state index in [0.717, 1.165) is 6.26 Å². The van der Waals surface area contributed by atoms with Crippen LogP contribution in [-0.2, 0) is 10.0 Å². The van der Waals surface area contributed by atoms with Gasteiger partial charge in [-0.25, -0.2) is 12.7 Å². The van der Waals surface area contributed by atoms with Gasteiger partial charge in [-0.15, -0.1) is 0 Å². The lowest BCUT2D eigenvalue weighted by molar-refractivity contribution is 0.0952. The summed E-state index contributed by atoms with van der Waals surface area (Å²) >= 11 is 0. The van der Waals surface area contributed by atoms with Gasteiger partial charge >= 0.3 is 0 Å². The lowest BCUT2D eigenvalue weighted by Crippen LogP contribution is -2.35. The smallest absolute Gasteiger partial charge is 0.251 e. The molecule has 0 radical (unpaired) electrons. The van der Waals surface area contributed by atoms with Gasteiger partial charge in [0.1, 0.15) is 5.60 Å². The van der Waals surface area contributed by atoms with Crippen LogP contribution < -0.4 is 5.32 Å². The minimum Gasteiger partial charge on any atom is -0.378 e. The third kappa shape index (κ3) is 7.28. The number of sulfonamides is 1. The van der Waals surface area contributed by atoms with Crippen LogP contribution in [0.3, 0.4) is 0 Å². The van der Waals surface area contributed by atoms with Crippen molar-refractivity contribution in [2.45, 2.75) is 19.4 Å². The van der Waals surface area contributed by atoms with Gasteiger partial charge in [0.25, 0.3) is 5.91 Å². The van der Waals surface area contributed by atoms with Crippen LogP contribution in [0.2, 0.25) is 0 Å². The van der Waals surface area contributed by atoms with E-state index in [1.807, 2.05) is 0 Å². The number of hydrogen-bond donors (Lipinski definition) is 2. The average molecular weight is 338 g/mol. The number of nitrogens with zero attached hydrogens (tertiary/aromatic N) is 1. The maximum absolute atomic E-state index is 12.1. The number of rotatable bonds is 5. The van der Waals surface area contributed by atoms with Crippen LogP contribution in [0.5, 0.6) is 0 Å². The Balaban J connectivity index is 2.69. The molecule has 1 amide bonds. The van der Waals surface area contributed by atoms with Gasteiger partial charge in [0.05, 0.1) is 6.26 Å². The first-order valence-corrected chi connectivity index (χ1v) is 8.89. The maximum Gasteiger partial charge on any atom is 0.251 e. The molecule has 0 unspecified atom stereocenters. The summed E-state index contributed by atoms with van der Waals surface area (Å²) < 4.78 is 23.7. The number of hydrogen-bond acceptors (Lipinski definition) is 4. The molecule has 1 aromatic rings. The highest BCUT2D eigenvalue weighted by molar-refractivity contribution is 7.88. The van der Waals surface area contributed by atoms with Gasteiger partial charge in [-0.2, -0.15) is 0 Å². The summed E-state index contributed by atoms with van der Waals surface area (Å²) in [5.74, 6) is 5.18. The second kappa shape index (κ2) is 7.59. The van der Waals surface area contributed by atoms with E-state index < -0.39 is 15.6 Å². The van der Waals surface area contributed by atoms with E-state index in [2.05, 4.69) is 17.2 Å². The summed E-state index contributed by atoms with van der Waals surface area (Å²) in [6, 6.07) is 6.71. The number of amides is 1. The largest absolute Gasteiger partial charge is 0.378 e. The molecule has 0 atom stereocenters. The summed E-state index contributed by atoms with van der Waals surface area (Å²) in [4.78, 5) is 12.1. The highest BCUT2D eigenvalue weighted by Crippen LogP contribution is 2.05. The van der Waals surface area contributed by atoms with Crippen LogP contribution in [0, 0.1) is 11.8 Å². The van der Waals surface area contributed by atoms with Gasteiger partial charge < -0.3 is 10.4 Å². The number of likely N-dealkylation sites (N-methyl/N-ethyl adjacent to an activating group) is 1. The van der Waals surface area contributed by atoms with E-state index in [0.29, 0.717) is 11.1 Å². The molecule has 0 fully saturated rings. The summed E-state index contributed by atoms with van der Waals surface area (Å²) in [6.45, 7) is 3.56. The first-order valence-electron chi connectivity index (χ1n) is 7.04. The Hall–Kier alpha value is -1.88. The zero-order valence-corrected chi connectivity index (χ0v) is 14.6. The molecule has 1 aromatic carbocycles. The Morgan fingerprint density at radius 1 is 1.39 bits per heavy atom. The average Bonchev–Trinajstić information content (AvgIpc) is 2.43. The van der Waals surface area contributed by atoms with Gasteiger partial charge in [0.15, 0.2) is 0 Å². The summed E-state index contributed by atoms with van der Waals surface area (Å²) in [5, 5.41) is 12.2. The van der Waals surface area contributed by atoms with Gasteiger partial charge in [0, 0.05) is 31.3 Å². The molecule has 0 saturated carbocycles. The molecule has 23 heavy (non-hydrogen) atoms. The maximum atomic E-state index is 12.1. The molecule has 0 aliphatic carbocycles. The van der Waals surface area contributed by atoms with Crippen molar-refractivity contribution in [3.05, 3.63) is 35.4 Å². The molecule has 126 valence electrons. The molecular weight excluding hydrogens is 316 g/mol. The Morgan fingerprint density at radius 2 is 2.04 bits per heavy atom. The molecule has 1 rings (SSSR count). The predicted octanol–water partition coefficient (Wildman–Crippen LogP) is 0.430. The quantitative estimate of drug-likeness (QED) is 0.762. The third-order valence-electron chi connectivity index (χ3n) is 2.92. The van der Waals surface area contributed by atoms with Gasteiger partial charge in [-0.1, -0.05) is 17.9 Å². The summed E-state index contributed by atoms with van der Waals surface area (Å²) in [6.07, 6.45) is 1.11. The topological polar surface area (TPSA) is 86.7 Å². The lowest BCUT2D eigenvalue weighted by atomic mass is 10.1. The lowest BCUT2D eigenvalue weighted by Gasteiger charge is -2.14. The van der Waals surface area contributed by atoms with Crippen LogP contribution in [0.15, 0.2) is 24.3 Å². The minimum atomic E-state index is -3.25. The fourth-order valence-corrected chi connectivity index (χ4v) is 1.98. The first-order chi connectivity index (χ1) is 10.5. The zero-order valence-electron chi connectivity index (χ0n) is 13.8. The fourth-order valence-electron chi connectivity index (χ4n) is 1.56. The number of aliphatic hydroxyl groups is 1. The van der Waals surface area contributed by atoms with Crippen molar-refractivity contribution in [1.29, 1.82) is 0 Å². The minimum absolute atomic E-state index is 0.197. The van der Waals surface area contributed by atoms with Crippen molar-refractivity contribution in [2.75, 3.05) is 26.4 Å². The summed E-state index contributed by atoms with van der Waals surface area (Å²) in [5.41, 5.74) is -0.0586. The molecule has 6 nitrogen and oxygen atoms in total. The Kier molecular flexibility index (Phi) is 6.33. The molecule has 0 spiro atoms. The van der Waals surface area contributed by atoms with Crippen LogP contribution in [-0.4, -0.2) is 55.7 Å². The Labute approximate surface area is 137 Å². The normalized spacial score (nSPS) is 11.7. The van der Waals surface area contributed by atoms with E-state index in [9.17, 15) is 18.3 Å². The van der Waals surface area contributed by atoms with Crippen molar-refractivity contribution < 1.29 is 18.3 Å². The number of benzene rings is 1. The van der Waals surface area contributed by atoms with E-state index >= 15 is 0 Å². The predicted molar refractivity (Wildman–Crippen MR) is 89.4 cm³/mol. The fraction of sp³-hybridized carbons (Fsp3) is 0.438. The molecule has 0 aromatic heterocycles. The number of nitrogens with one attached hydrogen (secondary N) is 1. The molecule has 0 heterocycles. The Morgan fingerprint density at radius 3 is 2.61 bits per heavy atom. The van der Waals surface area contributed by atoms with Crippen LogP contribution in [0.1, 0.15) is 29.8 Å². The van der Waals surface area contributed by atoms with Crippen molar-refractivity contribution in [2.24, 2.45) is 0 Å². The van der Waals surface area contributed by atoms with Gasteiger partial charge in [-0.3, -0.25) is 4.79 Å². The van der Waals surface area contributed by atoms with Gasteiger partial charge in [0.2, 0.25) is 10.0 Å². The van der Waals surface area contributed by atoms with Crippen molar-refractivity contribution in [1.82, 2.24) is 9.62 Å². The van der Waals surface area contributed by atoms with Crippen LogP contribution in [0.25, 0.3) is 0 Å². The van der Waals surface area contributed by atoms with E-state index in [1.54, 1.807) is 38.1 Å². The zero-order chi connectivity index (χ0) is 17.7. The second-order valence-corrected chi connectivity index (χ2v) is 7.82. The first kappa shape index (κ1) is 19.2. The van der Waals surface area contributed by atoms with E-state index in [-0.39, 0.29) is 19.0 Å². The van der Waals surface area contributed by atoms with E-state index in [1.165, 1.54) is 11.4 Å². The Bertz CT molecular complexity index is 724. The van der Waals surface area contributed by atoms with Crippen molar-refractivity contribution in [3.63, 3.8) is 0 Å². The third-order valence-corrected chi connectivity index (χ3v) is 4.23. The molecule has 0 bridgehead atoms. The molecule has 2 N–H and O–H groups in total. The number of carbonyl (C=O) groups is 1. The number of carbonyl (C=O) groups excluding carboxylic acids is 1. The van der Waals surface area contributed by atoms with Crippen molar-refractivity contribution >= 4 is 15.9 Å². The van der Waals surface area contributed by atoms with E-state index in [4.69, 9.17) is 0 Å². The van der Waals surface area contributed by atoms with Crippen LogP contribution in [0.4, 0.5) is 0 Å². The van der Waals surface area contributed by atoms with Crippen molar-refractivity contribution in [3.8, 4) is 11.8 Å². The molecular formula is C16H22N2O4S. The van der Waals surface area contributed by atoms with Gasteiger partial charge in [-0.05, 0) is 32.0 Å². The molecule has 0 saturated heterocycles. The highest BCUT2D eigenvalue weighted by atomic mass is 32.2. The SMILES string of the molecule is CN(CCNC(=O)c1cccc(C#CC(C)(C)O)c1)S(C)(=O)=O. The summed E-state index contributed by atoms with van der Waals surface area (Å²) in [7, 11) is -1.80.